The summed E-state index contributed by atoms with van der Waals surface area (Å²) < 4.78 is 0. The van der Waals surface area contributed by atoms with E-state index in [9.17, 15) is 4.79 Å². The third-order valence-corrected chi connectivity index (χ3v) is 4.32. The summed E-state index contributed by atoms with van der Waals surface area (Å²) in [5.74, 6) is 1.01. The van der Waals surface area contributed by atoms with Crippen LogP contribution < -0.4 is 5.32 Å². The largest absolute Gasteiger partial charge is 0.338 e. The number of carbonyl (C=O) groups excluding carboxylic acids is 1. The molecular weight excluding hydrogens is 224 g/mol. The molecular formula is C15H26N2O. The van der Waals surface area contributed by atoms with Crippen molar-refractivity contribution in [1.29, 1.82) is 0 Å². The molecule has 2 fully saturated rings. The van der Waals surface area contributed by atoms with Crippen molar-refractivity contribution in [2.45, 2.75) is 58.0 Å². The van der Waals surface area contributed by atoms with Crippen molar-refractivity contribution in [3.8, 4) is 0 Å². The van der Waals surface area contributed by atoms with E-state index in [0.29, 0.717) is 12.6 Å². The Kier molecular flexibility index (Phi) is 4.44. The highest BCUT2D eigenvalue weighted by Gasteiger charge is 2.39. The molecule has 1 aliphatic heterocycles. The molecule has 1 heterocycles. The van der Waals surface area contributed by atoms with Gasteiger partial charge in [-0.2, -0.15) is 0 Å². The van der Waals surface area contributed by atoms with Crippen LogP contribution in [0.5, 0.6) is 0 Å². The van der Waals surface area contributed by atoms with E-state index in [4.69, 9.17) is 0 Å². The summed E-state index contributed by atoms with van der Waals surface area (Å²) in [7, 11) is 0. The molecule has 1 saturated heterocycles. The fraction of sp³-hybridized carbons (Fsp3) is 0.800. The average molecular weight is 250 g/mol. The molecule has 1 saturated carbocycles. The number of nitrogens with zero attached hydrogens (tertiary/aromatic N) is 1. The van der Waals surface area contributed by atoms with E-state index in [-0.39, 0.29) is 11.9 Å². The number of likely N-dealkylation sites (N-methyl/N-ethyl adjacent to an activating group) is 1. The topological polar surface area (TPSA) is 32.3 Å². The molecule has 3 heteroatoms. The minimum atomic E-state index is 0.0531. The van der Waals surface area contributed by atoms with Gasteiger partial charge in [-0.3, -0.25) is 4.79 Å². The van der Waals surface area contributed by atoms with Gasteiger partial charge in [-0.15, -0.1) is 0 Å². The molecule has 1 N–H and O–H groups in total. The Morgan fingerprint density at radius 3 is 2.72 bits per heavy atom. The number of amides is 1. The van der Waals surface area contributed by atoms with E-state index >= 15 is 0 Å². The fourth-order valence-corrected chi connectivity index (χ4v) is 3.40. The lowest BCUT2D eigenvalue weighted by atomic mass is 9.85. The van der Waals surface area contributed by atoms with Gasteiger partial charge in [0.1, 0.15) is 0 Å². The van der Waals surface area contributed by atoms with Crippen LogP contribution in [0.25, 0.3) is 0 Å². The van der Waals surface area contributed by atoms with Gasteiger partial charge in [-0.25, -0.2) is 0 Å². The van der Waals surface area contributed by atoms with Crippen LogP contribution in [0.4, 0.5) is 0 Å². The Morgan fingerprint density at radius 1 is 1.39 bits per heavy atom. The van der Waals surface area contributed by atoms with Crippen LogP contribution >= 0.6 is 0 Å². The van der Waals surface area contributed by atoms with Crippen LogP contribution in [-0.2, 0) is 4.79 Å². The molecule has 1 amide bonds. The van der Waals surface area contributed by atoms with Crippen molar-refractivity contribution in [2.75, 3.05) is 13.1 Å². The maximum absolute atomic E-state index is 12.5. The molecule has 3 nitrogen and oxygen atoms in total. The second-order valence-corrected chi connectivity index (χ2v) is 5.92. The molecule has 1 aliphatic carbocycles. The van der Waals surface area contributed by atoms with Gasteiger partial charge < -0.3 is 10.2 Å². The number of carbonyl (C=O) groups is 1. The molecule has 0 spiro atoms. The summed E-state index contributed by atoms with van der Waals surface area (Å²) in [5.41, 5.74) is 1.06. The Labute approximate surface area is 111 Å². The SMILES string of the molecule is C=C(C)CN(CC)C(=O)C1CC2CCCCC2N1. The zero-order chi connectivity index (χ0) is 13.1. The van der Waals surface area contributed by atoms with Crippen LogP contribution in [0.3, 0.4) is 0 Å². The molecule has 3 unspecified atom stereocenters. The summed E-state index contributed by atoms with van der Waals surface area (Å²) >= 11 is 0. The highest BCUT2D eigenvalue weighted by molar-refractivity contribution is 5.82. The maximum atomic E-state index is 12.5. The normalized spacial score (nSPS) is 30.9. The van der Waals surface area contributed by atoms with Crippen LogP contribution in [0.1, 0.15) is 46.0 Å². The summed E-state index contributed by atoms with van der Waals surface area (Å²) in [6.07, 6.45) is 6.25. The molecule has 0 aromatic carbocycles. The zero-order valence-corrected chi connectivity index (χ0v) is 11.7. The lowest BCUT2D eigenvalue weighted by molar-refractivity contribution is -0.132. The predicted octanol–water partition coefficient (Wildman–Crippen LogP) is 2.33. The van der Waals surface area contributed by atoms with E-state index in [1.54, 1.807) is 0 Å². The zero-order valence-electron chi connectivity index (χ0n) is 11.7. The second-order valence-electron chi connectivity index (χ2n) is 5.92. The van der Waals surface area contributed by atoms with Crippen LogP contribution in [-0.4, -0.2) is 36.0 Å². The van der Waals surface area contributed by atoms with Crippen molar-refractivity contribution >= 4 is 5.91 Å². The predicted molar refractivity (Wildman–Crippen MR) is 74.4 cm³/mol. The number of nitrogens with one attached hydrogen (secondary N) is 1. The van der Waals surface area contributed by atoms with Crippen LogP contribution in [0, 0.1) is 5.92 Å². The number of hydrogen-bond donors (Lipinski definition) is 1. The first-order valence-corrected chi connectivity index (χ1v) is 7.31. The van der Waals surface area contributed by atoms with Crippen LogP contribution in [0.15, 0.2) is 12.2 Å². The molecule has 0 aromatic rings. The van der Waals surface area contributed by atoms with Gasteiger partial charge >= 0.3 is 0 Å². The summed E-state index contributed by atoms with van der Waals surface area (Å²) in [6.45, 7) is 9.41. The van der Waals surface area contributed by atoms with Gasteiger partial charge in [0.15, 0.2) is 0 Å². The third kappa shape index (κ3) is 2.94. The summed E-state index contributed by atoms with van der Waals surface area (Å²) in [5, 5.41) is 3.56. The Balaban J connectivity index is 1.94. The summed E-state index contributed by atoms with van der Waals surface area (Å²) in [6, 6.07) is 0.647. The molecule has 102 valence electrons. The lowest BCUT2D eigenvalue weighted by Crippen LogP contribution is -2.45. The molecule has 2 rings (SSSR count). The van der Waals surface area contributed by atoms with E-state index < -0.39 is 0 Å². The first kappa shape index (κ1) is 13.6. The van der Waals surface area contributed by atoms with E-state index in [2.05, 4.69) is 11.9 Å². The Morgan fingerprint density at radius 2 is 2.11 bits per heavy atom. The van der Waals surface area contributed by atoms with Crippen molar-refractivity contribution in [3.63, 3.8) is 0 Å². The highest BCUT2D eigenvalue weighted by Crippen LogP contribution is 2.33. The molecule has 0 radical (unpaired) electrons. The molecule has 0 aromatic heterocycles. The third-order valence-electron chi connectivity index (χ3n) is 4.32. The minimum absolute atomic E-state index is 0.0531. The summed E-state index contributed by atoms with van der Waals surface area (Å²) in [4.78, 5) is 14.4. The molecule has 2 aliphatic rings. The molecule has 3 atom stereocenters. The molecule has 18 heavy (non-hydrogen) atoms. The minimum Gasteiger partial charge on any atom is -0.338 e. The first-order chi connectivity index (χ1) is 8.61. The van der Waals surface area contributed by atoms with Gasteiger partial charge in [0, 0.05) is 19.1 Å². The maximum Gasteiger partial charge on any atom is 0.240 e. The van der Waals surface area contributed by atoms with Gasteiger partial charge in [0.05, 0.1) is 6.04 Å². The highest BCUT2D eigenvalue weighted by atomic mass is 16.2. The van der Waals surface area contributed by atoms with Crippen molar-refractivity contribution in [1.82, 2.24) is 10.2 Å². The standard InChI is InChI=1S/C15H26N2O/c1-4-17(10-11(2)3)15(18)14-9-12-7-5-6-8-13(12)16-14/h12-14,16H,2,4-10H2,1,3H3. The van der Waals surface area contributed by atoms with Gasteiger partial charge in [-0.1, -0.05) is 25.0 Å². The van der Waals surface area contributed by atoms with Crippen molar-refractivity contribution < 1.29 is 4.79 Å². The lowest BCUT2D eigenvalue weighted by Gasteiger charge is -2.25. The van der Waals surface area contributed by atoms with Gasteiger partial charge in [0.2, 0.25) is 5.91 Å². The quantitative estimate of drug-likeness (QED) is 0.777. The monoisotopic (exact) mass is 250 g/mol. The van der Waals surface area contributed by atoms with Gasteiger partial charge in [0.25, 0.3) is 0 Å². The Hall–Kier alpha value is -0.830. The second kappa shape index (κ2) is 5.87. The number of hydrogen-bond acceptors (Lipinski definition) is 2. The van der Waals surface area contributed by atoms with Crippen LogP contribution in [0.2, 0.25) is 0 Å². The fourth-order valence-electron chi connectivity index (χ4n) is 3.40. The van der Waals surface area contributed by atoms with E-state index in [1.807, 2.05) is 18.7 Å². The first-order valence-electron chi connectivity index (χ1n) is 7.31. The molecule has 0 bridgehead atoms. The number of rotatable bonds is 4. The van der Waals surface area contributed by atoms with E-state index in [0.717, 1.165) is 24.5 Å². The van der Waals surface area contributed by atoms with E-state index in [1.165, 1.54) is 25.7 Å². The smallest absolute Gasteiger partial charge is 0.240 e. The number of fused-ring (bicyclic) bond motifs is 1. The Bertz CT molecular complexity index is 312. The van der Waals surface area contributed by atoms with Crippen molar-refractivity contribution in [3.05, 3.63) is 12.2 Å². The van der Waals surface area contributed by atoms with Crippen molar-refractivity contribution in [2.24, 2.45) is 5.92 Å². The average Bonchev–Trinajstić information content (AvgIpc) is 2.78. The van der Waals surface area contributed by atoms with Gasteiger partial charge in [-0.05, 0) is 39.0 Å².